The molecule has 6 heteroatoms. The van der Waals surface area contributed by atoms with E-state index in [0.717, 1.165) is 16.4 Å². The zero-order valence-electron chi connectivity index (χ0n) is 10.7. The van der Waals surface area contributed by atoms with E-state index in [9.17, 15) is 4.79 Å². The van der Waals surface area contributed by atoms with Gasteiger partial charge in [0.2, 0.25) is 11.9 Å². The lowest BCUT2D eigenvalue weighted by molar-refractivity contribution is -0.114. The lowest BCUT2D eigenvalue weighted by Gasteiger charge is -2.07. The summed E-state index contributed by atoms with van der Waals surface area (Å²) >= 11 is 1.56. The first-order valence-corrected chi connectivity index (χ1v) is 6.91. The van der Waals surface area contributed by atoms with Crippen LogP contribution in [-0.4, -0.2) is 22.1 Å². The number of benzene rings is 1. The Hall–Kier alpha value is -2.08. The molecule has 0 radical (unpaired) electrons. The molecular formula is C13H14N4OS. The highest BCUT2D eigenvalue weighted by Crippen LogP contribution is 2.19. The number of hydrogen-bond acceptors (Lipinski definition) is 5. The van der Waals surface area contributed by atoms with Gasteiger partial charge in [-0.2, -0.15) is 0 Å². The van der Waals surface area contributed by atoms with Crippen molar-refractivity contribution in [1.29, 1.82) is 0 Å². The van der Waals surface area contributed by atoms with Gasteiger partial charge < -0.3 is 10.6 Å². The average Bonchev–Trinajstić information content (AvgIpc) is 2.38. The Bertz CT molecular complexity index is 588. The highest BCUT2D eigenvalue weighted by atomic mass is 32.2. The lowest BCUT2D eigenvalue weighted by atomic mass is 10.3. The minimum Gasteiger partial charge on any atom is -0.326 e. The smallest absolute Gasteiger partial charge is 0.228 e. The first-order chi connectivity index (χ1) is 9.17. The van der Waals surface area contributed by atoms with E-state index in [4.69, 9.17) is 0 Å². The fraction of sp³-hybridized carbons (Fsp3) is 0.154. The van der Waals surface area contributed by atoms with Crippen molar-refractivity contribution in [2.75, 3.05) is 16.9 Å². The molecule has 19 heavy (non-hydrogen) atoms. The molecule has 5 nitrogen and oxygen atoms in total. The van der Waals surface area contributed by atoms with Gasteiger partial charge in [-0.05, 0) is 30.5 Å². The molecule has 98 valence electrons. The van der Waals surface area contributed by atoms with Crippen LogP contribution in [-0.2, 0) is 4.79 Å². The fourth-order valence-corrected chi connectivity index (χ4v) is 1.90. The standard InChI is InChI=1S/C13H14N4OS/c1-9(18)15-10-4-3-5-11(8-10)16-13-14-7-6-12(17-13)19-2/h3-8H,1-2H3,(H,15,18)(H,14,16,17). The Balaban J connectivity index is 2.15. The molecule has 0 spiro atoms. The third kappa shape index (κ3) is 3.96. The zero-order chi connectivity index (χ0) is 13.7. The van der Waals surface area contributed by atoms with Gasteiger partial charge >= 0.3 is 0 Å². The number of anilines is 3. The number of rotatable bonds is 4. The predicted molar refractivity (Wildman–Crippen MR) is 77.8 cm³/mol. The van der Waals surface area contributed by atoms with Crippen LogP contribution in [0.2, 0.25) is 0 Å². The summed E-state index contributed by atoms with van der Waals surface area (Å²) in [5.74, 6) is 0.435. The number of carbonyl (C=O) groups is 1. The second-order valence-corrected chi connectivity index (χ2v) is 4.64. The van der Waals surface area contributed by atoms with Gasteiger partial charge in [0.05, 0.1) is 0 Å². The molecule has 0 atom stereocenters. The van der Waals surface area contributed by atoms with Crippen molar-refractivity contribution in [2.24, 2.45) is 0 Å². The second kappa shape index (κ2) is 6.19. The first kappa shape index (κ1) is 13.4. The Morgan fingerprint density at radius 1 is 1.26 bits per heavy atom. The summed E-state index contributed by atoms with van der Waals surface area (Å²) in [4.78, 5) is 19.5. The van der Waals surface area contributed by atoms with Gasteiger partial charge in [-0.15, -0.1) is 11.8 Å². The molecule has 2 rings (SSSR count). The van der Waals surface area contributed by atoms with Crippen LogP contribution in [0.3, 0.4) is 0 Å². The van der Waals surface area contributed by atoms with Crippen LogP contribution in [0, 0.1) is 0 Å². The van der Waals surface area contributed by atoms with Crippen molar-refractivity contribution in [2.45, 2.75) is 11.9 Å². The fourth-order valence-electron chi connectivity index (χ4n) is 1.52. The molecule has 0 aliphatic carbocycles. The number of hydrogen-bond donors (Lipinski definition) is 2. The lowest BCUT2D eigenvalue weighted by Crippen LogP contribution is -2.06. The van der Waals surface area contributed by atoms with Gasteiger partial charge in [-0.3, -0.25) is 4.79 Å². The first-order valence-electron chi connectivity index (χ1n) is 5.69. The van der Waals surface area contributed by atoms with Crippen LogP contribution >= 0.6 is 11.8 Å². The summed E-state index contributed by atoms with van der Waals surface area (Å²) in [6.07, 6.45) is 3.67. The van der Waals surface area contributed by atoms with E-state index >= 15 is 0 Å². The molecule has 1 aromatic carbocycles. The maximum atomic E-state index is 11.0. The molecule has 0 fully saturated rings. The zero-order valence-corrected chi connectivity index (χ0v) is 11.5. The van der Waals surface area contributed by atoms with Gasteiger partial charge in [-0.1, -0.05) is 6.07 Å². The largest absolute Gasteiger partial charge is 0.326 e. The summed E-state index contributed by atoms with van der Waals surface area (Å²) in [6, 6.07) is 9.25. The number of nitrogens with zero attached hydrogens (tertiary/aromatic N) is 2. The van der Waals surface area contributed by atoms with E-state index in [0.29, 0.717) is 5.95 Å². The number of thioether (sulfide) groups is 1. The van der Waals surface area contributed by atoms with E-state index in [1.807, 2.05) is 36.6 Å². The van der Waals surface area contributed by atoms with E-state index in [2.05, 4.69) is 20.6 Å². The van der Waals surface area contributed by atoms with Crippen LogP contribution in [0.15, 0.2) is 41.6 Å². The van der Waals surface area contributed by atoms with Gasteiger partial charge in [0.15, 0.2) is 0 Å². The van der Waals surface area contributed by atoms with Gasteiger partial charge in [-0.25, -0.2) is 9.97 Å². The van der Waals surface area contributed by atoms with Gasteiger partial charge in [0.1, 0.15) is 5.03 Å². The maximum absolute atomic E-state index is 11.0. The van der Waals surface area contributed by atoms with Crippen LogP contribution in [0.25, 0.3) is 0 Å². The molecule has 0 aliphatic heterocycles. The quantitative estimate of drug-likeness (QED) is 0.663. The van der Waals surface area contributed by atoms with E-state index in [1.54, 1.807) is 18.0 Å². The van der Waals surface area contributed by atoms with Crippen molar-refractivity contribution in [3.8, 4) is 0 Å². The van der Waals surface area contributed by atoms with Gasteiger partial charge in [0.25, 0.3) is 0 Å². The van der Waals surface area contributed by atoms with Gasteiger partial charge in [0, 0.05) is 24.5 Å². The SMILES string of the molecule is CSc1ccnc(Nc2cccc(NC(C)=O)c2)n1. The monoisotopic (exact) mass is 274 g/mol. The summed E-state index contributed by atoms with van der Waals surface area (Å²) in [6.45, 7) is 1.48. The Labute approximate surface area is 115 Å². The van der Waals surface area contributed by atoms with Crippen molar-refractivity contribution in [3.63, 3.8) is 0 Å². The van der Waals surface area contributed by atoms with E-state index in [1.165, 1.54) is 6.92 Å². The molecule has 0 bridgehead atoms. The molecule has 2 aromatic rings. The van der Waals surface area contributed by atoms with E-state index in [-0.39, 0.29) is 5.91 Å². The van der Waals surface area contributed by atoms with Crippen molar-refractivity contribution < 1.29 is 4.79 Å². The summed E-state index contributed by atoms with van der Waals surface area (Å²) < 4.78 is 0. The molecular weight excluding hydrogens is 260 g/mol. The van der Waals surface area contributed by atoms with Crippen molar-refractivity contribution in [1.82, 2.24) is 9.97 Å². The van der Waals surface area contributed by atoms with Crippen molar-refractivity contribution >= 4 is 35.0 Å². The summed E-state index contributed by atoms with van der Waals surface area (Å²) in [7, 11) is 0. The average molecular weight is 274 g/mol. The van der Waals surface area contributed by atoms with Crippen LogP contribution in [0.4, 0.5) is 17.3 Å². The molecule has 1 heterocycles. The second-order valence-electron chi connectivity index (χ2n) is 3.81. The minimum absolute atomic E-state index is 0.0993. The van der Waals surface area contributed by atoms with Crippen molar-refractivity contribution in [3.05, 3.63) is 36.5 Å². The normalized spacial score (nSPS) is 10.0. The summed E-state index contributed by atoms with van der Waals surface area (Å²) in [5.41, 5.74) is 1.56. The van der Waals surface area contributed by atoms with Crippen LogP contribution in [0.5, 0.6) is 0 Å². The number of nitrogens with one attached hydrogen (secondary N) is 2. The molecule has 0 aliphatic rings. The number of carbonyl (C=O) groups excluding carboxylic acids is 1. The predicted octanol–water partition coefficient (Wildman–Crippen LogP) is 2.90. The Kier molecular flexibility index (Phi) is 4.35. The molecule has 0 unspecified atom stereocenters. The third-order valence-electron chi connectivity index (χ3n) is 2.28. The molecule has 0 saturated carbocycles. The Morgan fingerprint density at radius 2 is 2.05 bits per heavy atom. The highest BCUT2D eigenvalue weighted by Gasteiger charge is 2.01. The van der Waals surface area contributed by atoms with Crippen LogP contribution in [0.1, 0.15) is 6.92 Å². The van der Waals surface area contributed by atoms with E-state index < -0.39 is 0 Å². The maximum Gasteiger partial charge on any atom is 0.228 e. The topological polar surface area (TPSA) is 66.9 Å². The minimum atomic E-state index is -0.0993. The Morgan fingerprint density at radius 3 is 2.79 bits per heavy atom. The third-order valence-corrected chi connectivity index (χ3v) is 2.92. The van der Waals surface area contributed by atoms with Crippen LogP contribution < -0.4 is 10.6 Å². The highest BCUT2D eigenvalue weighted by molar-refractivity contribution is 7.98. The number of amides is 1. The molecule has 0 saturated heterocycles. The summed E-state index contributed by atoms with van der Waals surface area (Å²) in [5, 5.41) is 6.73. The molecule has 1 amide bonds. The molecule has 2 N–H and O–H groups in total. The molecule has 1 aromatic heterocycles. The number of aromatic nitrogens is 2.